The Morgan fingerprint density at radius 3 is 2.38 bits per heavy atom. The molecule has 2 atom stereocenters. The van der Waals surface area contributed by atoms with Gasteiger partial charge in [-0.3, -0.25) is 4.90 Å². The van der Waals surface area contributed by atoms with Crippen LogP contribution in [-0.4, -0.2) is 29.7 Å². The quantitative estimate of drug-likeness (QED) is 0.798. The molecule has 0 aliphatic rings. The molecule has 0 saturated carbocycles. The largest absolute Gasteiger partial charge is 0.395 e. The molecule has 2 unspecified atom stereocenters. The third-order valence-electron chi connectivity index (χ3n) is 3.33. The van der Waals surface area contributed by atoms with E-state index in [4.69, 9.17) is 0 Å². The second-order valence-corrected chi connectivity index (χ2v) is 4.54. The van der Waals surface area contributed by atoms with Gasteiger partial charge in [0.25, 0.3) is 0 Å². The third-order valence-corrected chi connectivity index (χ3v) is 3.33. The van der Waals surface area contributed by atoms with E-state index in [2.05, 4.69) is 50.1 Å². The summed E-state index contributed by atoms with van der Waals surface area (Å²) in [6.45, 7) is 5.50. The highest BCUT2D eigenvalue weighted by Gasteiger charge is 2.19. The van der Waals surface area contributed by atoms with Crippen molar-refractivity contribution in [1.82, 2.24) is 4.90 Å². The van der Waals surface area contributed by atoms with Crippen LogP contribution in [-0.2, 0) is 6.54 Å². The molecule has 0 radical (unpaired) electrons. The summed E-state index contributed by atoms with van der Waals surface area (Å²) in [5.41, 5.74) is 1.30. The minimum Gasteiger partial charge on any atom is -0.395 e. The average molecular weight is 221 g/mol. The number of nitrogens with zero attached hydrogens (tertiary/aromatic N) is 1. The fourth-order valence-electron chi connectivity index (χ4n) is 2.01. The van der Waals surface area contributed by atoms with Gasteiger partial charge in [0.2, 0.25) is 0 Å². The van der Waals surface area contributed by atoms with Crippen LogP contribution in [0.4, 0.5) is 0 Å². The van der Waals surface area contributed by atoms with E-state index >= 15 is 0 Å². The van der Waals surface area contributed by atoms with Crippen LogP contribution in [0.25, 0.3) is 0 Å². The first-order valence-corrected chi connectivity index (χ1v) is 6.04. The normalized spacial score (nSPS) is 15.1. The highest BCUT2D eigenvalue weighted by molar-refractivity contribution is 5.14. The lowest BCUT2D eigenvalue weighted by Gasteiger charge is -2.31. The monoisotopic (exact) mass is 221 g/mol. The van der Waals surface area contributed by atoms with Gasteiger partial charge >= 0.3 is 0 Å². The molecule has 1 N–H and O–H groups in total. The lowest BCUT2D eigenvalue weighted by molar-refractivity contribution is 0.0999. The zero-order valence-corrected chi connectivity index (χ0v) is 10.6. The molecule has 16 heavy (non-hydrogen) atoms. The molecule has 0 aliphatic carbocycles. The first-order valence-electron chi connectivity index (χ1n) is 6.04. The van der Waals surface area contributed by atoms with Gasteiger partial charge in [-0.2, -0.15) is 0 Å². The Morgan fingerprint density at radius 2 is 1.88 bits per heavy atom. The predicted molar refractivity (Wildman–Crippen MR) is 68.2 cm³/mol. The van der Waals surface area contributed by atoms with E-state index in [1.807, 2.05) is 6.07 Å². The molecule has 0 fully saturated rings. The number of aliphatic hydroxyl groups excluding tert-OH is 1. The highest BCUT2D eigenvalue weighted by atomic mass is 16.3. The Labute approximate surface area is 98.9 Å². The van der Waals surface area contributed by atoms with E-state index in [9.17, 15) is 5.11 Å². The maximum Gasteiger partial charge on any atom is 0.0589 e. The molecule has 1 rings (SSSR count). The third kappa shape index (κ3) is 3.62. The van der Waals surface area contributed by atoms with Crippen LogP contribution in [0.15, 0.2) is 30.3 Å². The molecule has 0 saturated heterocycles. The van der Waals surface area contributed by atoms with Crippen LogP contribution < -0.4 is 0 Å². The van der Waals surface area contributed by atoms with Crippen molar-refractivity contribution in [3.05, 3.63) is 35.9 Å². The summed E-state index contributed by atoms with van der Waals surface area (Å²) < 4.78 is 0. The van der Waals surface area contributed by atoms with Crippen LogP contribution in [0.1, 0.15) is 25.8 Å². The van der Waals surface area contributed by atoms with E-state index < -0.39 is 0 Å². The van der Waals surface area contributed by atoms with Crippen molar-refractivity contribution < 1.29 is 5.11 Å². The van der Waals surface area contributed by atoms with Gasteiger partial charge in [-0.05, 0) is 18.5 Å². The van der Waals surface area contributed by atoms with Gasteiger partial charge in [0.15, 0.2) is 0 Å². The maximum absolute atomic E-state index is 9.43. The Kier molecular flexibility index (Phi) is 5.50. The van der Waals surface area contributed by atoms with Crippen molar-refractivity contribution in [2.45, 2.75) is 32.9 Å². The molecule has 1 aromatic rings. The smallest absolute Gasteiger partial charge is 0.0589 e. The first-order chi connectivity index (χ1) is 7.69. The number of rotatable bonds is 6. The molecule has 1 aromatic carbocycles. The van der Waals surface area contributed by atoms with Crippen molar-refractivity contribution >= 4 is 0 Å². The molecular weight excluding hydrogens is 198 g/mol. The van der Waals surface area contributed by atoms with E-state index in [0.29, 0.717) is 5.92 Å². The summed E-state index contributed by atoms with van der Waals surface area (Å²) in [4.78, 5) is 2.24. The van der Waals surface area contributed by atoms with Gasteiger partial charge < -0.3 is 5.11 Å². The fraction of sp³-hybridized carbons (Fsp3) is 0.571. The van der Waals surface area contributed by atoms with Crippen LogP contribution >= 0.6 is 0 Å². The summed E-state index contributed by atoms with van der Waals surface area (Å²) in [6, 6.07) is 10.6. The van der Waals surface area contributed by atoms with Crippen LogP contribution in [0.3, 0.4) is 0 Å². The standard InChI is InChI=1S/C14H23NO/c1-4-12(2)14(11-16)15(3)10-13-8-6-5-7-9-13/h5-9,12,14,16H,4,10-11H2,1-3H3. The van der Waals surface area contributed by atoms with E-state index in [1.54, 1.807) is 0 Å². The maximum atomic E-state index is 9.43. The first kappa shape index (κ1) is 13.2. The van der Waals surface area contributed by atoms with Gasteiger partial charge in [0.05, 0.1) is 6.61 Å². The molecule has 0 aromatic heterocycles. The average Bonchev–Trinajstić information content (AvgIpc) is 2.31. The topological polar surface area (TPSA) is 23.5 Å². The minimum absolute atomic E-state index is 0.234. The summed E-state index contributed by atoms with van der Waals surface area (Å²) >= 11 is 0. The van der Waals surface area contributed by atoms with Gasteiger partial charge in [-0.1, -0.05) is 50.6 Å². The highest BCUT2D eigenvalue weighted by Crippen LogP contribution is 2.15. The van der Waals surface area contributed by atoms with Gasteiger partial charge in [0.1, 0.15) is 0 Å². The molecular formula is C14H23NO. The Hall–Kier alpha value is -0.860. The van der Waals surface area contributed by atoms with Crippen LogP contribution in [0.5, 0.6) is 0 Å². The second kappa shape index (κ2) is 6.66. The summed E-state index contributed by atoms with van der Waals surface area (Å²) in [6.07, 6.45) is 1.10. The summed E-state index contributed by atoms with van der Waals surface area (Å²) in [7, 11) is 2.08. The van der Waals surface area contributed by atoms with Crippen LogP contribution in [0, 0.1) is 5.92 Å². The van der Waals surface area contributed by atoms with Crippen molar-refractivity contribution in [3.8, 4) is 0 Å². The zero-order valence-electron chi connectivity index (χ0n) is 10.6. The number of benzene rings is 1. The van der Waals surface area contributed by atoms with Crippen molar-refractivity contribution in [2.24, 2.45) is 5.92 Å². The lowest BCUT2D eigenvalue weighted by Crippen LogP contribution is -2.39. The number of likely N-dealkylation sites (N-methyl/N-ethyl adjacent to an activating group) is 1. The molecule has 90 valence electrons. The zero-order chi connectivity index (χ0) is 12.0. The van der Waals surface area contributed by atoms with Gasteiger partial charge in [0, 0.05) is 12.6 Å². The SMILES string of the molecule is CCC(C)C(CO)N(C)Cc1ccccc1. The molecule has 0 spiro atoms. The number of hydrogen-bond donors (Lipinski definition) is 1. The Bertz CT molecular complexity index is 286. The lowest BCUT2D eigenvalue weighted by atomic mass is 9.98. The van der Waals surface area contributed by atoms with Crippen molar-refractivity contribution in [2.75, 3.05) is 13.7 Å². The summed E-state index contributed by atoms with van der Waals surface area (Å²) in [5, 5.41) is 9.43. The van der Waals surface area contributed by atoms with Gasteiger partial charge in [-0.25, -0.2) is 0 Å². The molecule has 2 nitrogen and oxygen atoms in total. The van der Waals surface area contributed by atoms with Gasteiger partial charge in [-0.15, -0.1) is 0 Å². The molecule has 0 aliphatic heterocycles. The minimum atomic E-state index is 0.234. The van der Waals surface area contributed by atoms with E-state index in [0.717, 1.165) is 13.0 Å². The van der Waals surface area contributed by atoms with Crippen molar-refractivity contribution in [1.29, 1.82) is 0 Å². The second-order valence-electron chi connectivity index (χ2n) is 4.54. The Balaban J connectivity index is 2.59. The molecule has 0 amide bonds. The van der Waals surface area contributed by atoms with E-state index in [-0.39, 0.29) is 12.6 Å². The fourth-order valence-corrected chi connectivity index (χ4v) is 2.01. The predicted octanol–water partition coefficient (Wildman–Crippen LogP) is 2.53. The molecule has 0 heterocycles. The number of hydrogen-bond acceptors (Lipinski definition) is 2. The molecule has 0 bridgehead atoms. The van der Waals surface area contributed by atoms with E-state index in [1.165, 1.54) is 5.56 Å². The van der Waals surface area contributed by atoms with Crippen LogP contribution in [0.2, 0.25) is 0 Å². The molecule has 2 heteroatoms. The van der Waals surface area contributed by atoms with Crippen molar-refractivity contribution in [3.63, 3.8) is 0 Å². The Morgan fingerprint density at radius 1 is 1.25 bits per heavy atom. The number of aliphatic hydroxyl groups is 1. The summed E-state index contributed by atoms with van der Waals surface area (Å²) in [5.74, 6) is 0.527.